The standard InChI is InChI=1S/C21H33NO3/c1-7-18-13-23-21(24-18)14-19(3,4)22(20(5,6)15-21)25-16(2)17-11-9-8-10-12-17/h8-12,16,18H,7,13-15H2,1-6H3. The molecule has 4 heteroatoms. The molecule has 2 atom stereocenters. The highest BCUT2D eigenvalue weighted by molar-refractivity contribution is 5.17. The van der Waals surface area contributed by atoms with Crippen LogP contribution >= 0.6 is 0 Å². The van der Waals surface area contributed by atoms with Crippen LogP contribution in [0, 0.1) is 0 Å². The van der Waals surface area contributed by atoms with Gasteiger partial charge in [0.15, 0.2) is 5.79 Å². The Bertz CT molecular complexity index is 566. The molecule has 0 saturated carbocycles. The summed E-state index contributed by atoms with van der Waals surface area (Å²) >= 11 is 0. The number of rotatable bonds is 4. The van der Waals surface area contributed by atoms with E-state index in [1.807, 2.05) is 6.07 Å². The van der Waals surface area contributed by atoms with Crippen molar-refractivity contribution in [2.75, 3.05) is 6.61 Å². The normalized spacial score (nSPS) is 29.0. The van der Waals surface area contributed by atoms with Crippen LogP contribution in [0.2, 0.25) is 0 Å². The minimum Gasteiger partial charge on any atom is -0.347 e. The summed E-state index contributed by atoms with van der Waals surface area (Å²) in [4.78, 5) is 6.49. The second kappa shape index (κ2) is 6.66. The number of hydroxylamine groups is 2. The Hall–Kier alpha value is -0.940. The van der Waals surface area contributed by atoms with Crippen LogP contribution in [0.4, 0.5) is 0 Å². The Kier molecular flexibility index (Phi) is 5.02. The van der Waals surface area contributed by atoms with E-state index in [0.29, 0.717) is 6.61 Å². The van der Waals surface area contributed by atoms with Gasteiger partial charge in [-0.25, -0.2) is 0 Å². The molecule has 3 rings (SSSR count). The molecular formula is C21H33NO3. The van der Waals surface area contributed by atoms with E-state index in [1.165, 1.54) is 5.56 Å². The largest absolute Gasteiger partial charge is 0.347 e. The smallest absolute Gasteiger partial charge is 0.172 e. The monoisotopic (exact) mass is 347 g/mol. The van der Waals surface area contributed by atoms with Crippen LogP contribution in [0.5, 0.6) is 0 Å². The molecule has 2 aliphatic rings. The van der Waals surface area contributed by atoms with Gasteiger partial charge in [0, 0.05) is 23.9 Å². The molecule has 25 heavy (non-hydrogen) atoms. The van der Waals surface area contributed by atoms with Crippen molar-refractivity contribution in [3.63, 3.8) is 0 Å². The quantitative estimate of drug-likeness (QED) is 0.779. The lowest BCUT2D eigenvalue weighted by atomic mass is 9.78. The molecule has 2 heterocycles. The molecule has 1 aromatic rings. The Balaban J connectivity index is 1.79. The second-order valence-electron chi connectivity index (χ2n) is 8.80. The van der Waals surface area contributed by atoms with Crippen molar-refractivity contribution in [2.24, 2.45) is 0 Å². The van der Waals surface area contributed by atoms with E-state index in [4.69, 9.17) is 14.3 Å². The van der Waals surface area contributed by atoms with Crippen LogP contribution in [0.1, 0.15) is 72.5 Å². The van der Waals surface area contributed by atoms with Gasteiger partial charge in [0.1, 0.15) is 6.10 Å². The molecule has 4 nitrogen and oxygen atoms in total. The van der Waals surface area contributed by atoms with Crippen LogP contribution in [0.15, 0.2) is 30.3 Å². The van der Waals surface area contributed by atoms with Crippen molar-refractivity contribution < 1.29 is 14.3 Å². The molecule has 0 aliphatic carbocycles. The molecule has 2 aliphatic heterocycles. The minimum absolute atomic E-state index is 0.00241. The van der Waals surface area contributed by atoms with E-state index in [2.05, 4.69) is 70.9 Å². The first-order valence-corrected chi connectivity index (χ1v) is 9.51. The molecule has 0 radical (unpaired) electrons. The van der Waals surface area contributed by atoms with Crippen molar-refractivity contribution in [3.05, 3.63) is 35.9 Å². The van der Waals surface area contributed by atoms with Gasteiger partial charge in [-0.05, 0) is 46.6 Å². The van der Waals surface area contributed by atoms with Crippen molar-refractivity contribution in [2.45, 2.75) is 89.9 Å². The molecule has 0 aromatic heterocycles. The fourth-order valence-corrected chi connectivity index (χ4v) is 4.58. The van der Waals surface area contributed by atoms with E-state index >= 15 is 0 Å². The maximum Gasteiger partial charge on any atom is 0.172 e. The van der Waals surface area contributed by atoms with E-state index in [-0.39, 0.29) is 23.3 Å². The summed E-state index contributed by atoms with van der Waals surface area (Å²) < 4.78 is 12.5. The minimum atomic E-state index is -0.483. The van der Waals surface area contributed by atoms with Crippen LogP contribution in [-0.4, -0.2) is 34.6 Å². The first kappa shape index (κ1) is 18.8. The fourth-order valence-electron chi connectivity index (χ4n) is 4.58. The zero-order valence-corrected chi connectivity index (χ0v) is 16.5. The van der Waals surface area contributed by atoms with E-state index in [1.54, 1.807) is 0 Å². The predicted octanol–water partition coefficient (Wildman–Crippen LogP) is 4.85. The number of benzene rings is 1. The van der Waals surface area contributed by atoms with Crippen LogP contribution in [0.25, 0.3) is 0 Å². The molecular weight excluding hydrogens is 314 g/mol. The second-order valence-corrected chi connectivity index (χ2v) is 8.80. The Morgan fingerprint density at radius 2 is 1.72 bits per heavy atom. The highest BCUT2D eigenvalue weighted by Gasteiger charge is 2.57. The molecule has 2 saturated heterocycles. The number of hydrogen-bond acceptors (Lipinski definition) is 4. The first-order chi connectivity index (χ1) is 11.7. The van der Waals surface area contributed by atoms with E-state index < -0.39 is 5.79 Å². The highest BCUT2D eigenvalue weighted by atomic mass is 16.7. The first-order valence-electron chi connectivity index (χ1n) is 9.51. The zero-order valence-electron chi connectivity index (χ0n) is 16.5. The third-order valence-corrected chi connectivity index (χ3v) is 5.41. The van der Waals surface area contributed by atoms with Gasteiger partial charge in [0.05, 0.1) is 12.7 Å². The van der Waals surface area contributed by atoms with Crippen molar-refractivity contribution in [3.8, 4) is 0 Å². The lowest BCUT2D eigenvalue weighted by Gasteiger charge is -2.56. The summed E-state index contributed by atoms with van der Waals surface area (Å²) in [5.41, 5.74) is 0.815. The van der Waals surface area contributed by atoms with Gasteiger partial charge in [-0.15, -0.1) is 0 Å². The maximum absolute atomic E-state index is 6.49. The van der Waals surface area contributed by atoms with Crippen LogP contribution in [-0.2, 0) is 14.3 Å². The molecule has 2 unspecified atom stereocenters. The number of nitrogens with zero attached hydrogens (tertiary/aromatic N) is 1. The lowest BCUT2D eigenvalue weighted by Crippen LogP contribution is -2.65. The third kappa shape index (κ3) is 3.77. The predicted molar refractivity (Wildman–Crippen MR) is 99.0 cm³/mol. The van der Waals surface area contributed by atoms with Crippen molar-refractivity contribution in [1.82, 2.24) is 5.06 Å². The highest BCUT2D eigenvalue weighted by Crippen LogP contribution is 2.49. The Morgan fingerprint density at radius 3 is 2.24 bits per heavy atom. The van der Waals surface area contributed by atoms with Crippen molar-refractivity contribution in [1.29, 1.82) is 0 Å². The zero-order chi connectivity index (χ0) is 18.3. The van der Waals surface area contributed by atoms with Gasteiger partial charge in [-0.1, -0.05) is 37.3 Å². The molecule has 2 fully saturated rings. The van der Waals surface area contributed by atoms with E-state index in [9.17, 15) is 0 Å². The van der Waals surface area contributed by atoms with Gasteiger partial charge in [-0.3, -0.25) is 4.84 Å². The lowest BCUT2D eigenvalue weighted by molar-refractivity contribution is -0.351. The van der Waals surface area contributed by atoms with Gasteiger partial charge in [0.2, 0.25) is 0 Å². The summed E-state index contributed by atoms with van der Waals surface area (Å²) in [5.74, 6) is -0.483. The van der Waals surface area contributed by atoms with E-state index in [0.717, 1.165) is 19.3 Å². The summed E-state index contributed by atoms with van der Waals surface area (Å²) in [5, 5.41) is 2.18. The van der Waals surface area contributed by atoms with Crippen molar-refractivity contribution >= 4 is 0 Å². The van der Waals surface area contributed by atoms with Gasteiger partial charge >= 0.3 is 0 Å². The number of ether oxygens (including phenoxy) is 2. The average molecular weight is 347 g/mol. The van der Waals surface area contributed by atoms with Crippen LogP contribution in [0.3, 0.4) is 0 Å². The summed E-state index contributed by atoms with van der Waals surface area (Å²) in [6.07, 6.45) is 2.82. The van der Waals surface area contributed by atoms with Crippen LogP contribution < -0.4 is 0 Å². The molecule has 0 N–H and O–H groups in total. The topological polar surface area (TPSA) is 30.9 Å². The molecule has 140 valence electrons. The van der Waals surface area contributed by atoms with Gasteiger partial charge in [-0.2, -0.15) is 5.06 Å². The molecule has 1 spiro atoms. The molecule has 0 bridgehead atoms. The maximum atomic E-state index is 6.49. The summed E-state index contributed by atoms with van der Waals surface area (Å²) in [6.45, 7) is 13.9. The number of hydrogen-bond donors (Lipinski definition) is 0. The third-order valence-electron chi connectivity index (χ3n) is 5.41. The average Bonchev–Trinajstić information content (AvgIpc) is 2.92. The fraction of sp³-hybridized carbons (Fsp3) is 0.714. The number of piperidine rings is 1. The SMILES string of the molecule is CCC1COC2(CC(C)(C)N(OC(C)c3ccccc3)C(C)(C)C2)O1. The summed E-state index contributed by atoms with van der Waals surface area (Å²) in [6, 6.07) is 10.4. The molecule has 1 aromatic carbocycles. The Labute approximate surface area is 152 Å². The van der Waals surface area contributed by atoms with Gasteiger partial charge < -0.3 is 9.47 Å². The summed E-state index contributed by atoms with van der Waals surface area (Å²) in [7, 11) is 0. The molecule has 0 amide bonds. The van der Waals surface area contributed by atoms with Gasteiger partial charge in [0.25, 0.3) is 0 Å². The Morgan fingerprint density at radius 1 is 1.12 bits per heavy atom.